The van der Waals surface area contributed by atoms with Crippen LogP contribution in [0.3, 0.4) is 0 Å². The van der Waals surface area contributed by atoms with Crippen LogP contribution in [-0.2, 0) is 6.54 Å². The van der Waals surface area contributed by atoms with E-state index in [-0.39, 0.29) is 0 Å². The Morgan fingerprint density at radius 1 is 1.26 bits per heavy atom. The summed E-state index contributed by atoms with van der Waals surface area (Å²) in [6.45, 7) is 8.22. The molecule has 19 heavy (non-hydrogen) atoms. The van der Waals surface area contributed by atoms with Crippen molar-refractivity contribution in [2.24, 2.45) is 0 Å². The lowest BCUT2D eigenvalue weighted by Gasteiger charge is -2.20. The molecule has 1 aromatic rings. The van der Waals surface area contributed by atoms with Crippen LogP contribution >= 0.6 is 0 Å². The third-order valence-corrected chi connectivity index (χ3v) is 3.61. The van der Waals surface area contributed by atoms with Crippen molar-refractivity contribution in [3.63, 3.8) is 0 Å². The molecule has 0 heterocycles. The summed E-state index contributed by atoms with van der Waals surface area (Å²) in [5, 5.41) is 8.56. The molecule has 0 unspecified atom stereocenters. The maximum Gasteiger partial charge on any atom is 0.124 e. The van der Waals surface area contributed by atoms with Crippen molar-refractivity contribution in [2.45, 2.75) is 40.2 Å². The van der Waals surface area contributed by atoms with E-state index in [1.165, 1.54) is 22.3 Å². The molecule has 0 aliphatic rings. The van der Waals surface area contributed by atoms with Gasteiger partial charge in [-0.15, -0.1) is 0 Å². The molecule has 104 valence electrons. The second kappa shape index (κ2) is 7.16. The fraction of sp³-hybridized carbons (Fsp3) is 0.562. The largest absolute Gasteiger partial charge is 0.496 e. The molecule has 0 aliphatic carbocycles. The number of aryl methyl sites for hydroxylation is 1. The minimum atomic E-state index is 0.629. The van der Waals surface area contributed by atoms with Crippen molar-refractivity contribution < 1.29 is 4.74 Å². The second-order valence-corrected chi connectivity index (χ2v) is 5.14. The molecule has 1 aromatic carbocycles. The molecule has 0 saturated heterocycles. The van der Waals surface area contributed by atoms with E-state index >= 15 is 0 Å². The summed E-state index contributed by atoms with van der Waals surface area (Å²) in [6.07, 6.45) is 1.56. The number of benzene rings is 1. The summed E-state index contributed by atoms with van der Waals surface area (Å²) < 4.78 is 5.45. The van der Waals surface area contributed by atoms with Gasteiger partial charge in [-0.2, -0.15) is 5.26 Å². The summed E-state index contributed by atoms with van der Waals surface area (Å²) in [5.74, 6) is 0.994. The highest BCUT2D eigenvalue weighted by atomic mass is 16.5. The zero-order chi connectivity index (χ0) is 14.4. The van der Waals surface area contributed by atoms with Crippen LogP contribution in [0.2, 0.25) is 0 Å². The molecule has 3 nitrogen and oxygen atoms in total. The maximum atomic E-state index is 8.56. The third kappa shape index (κ3) is 3.97. The summed E-state index contributed by atoms with van der Waals surface area (Å²) in [5.41, 5.74) is 5.05. The average Bonchev–Trinajstić information content (AvgIpc) is 2.36. The topological polar surface area (TPSA) is 36.3 Å². The highest BCUT2D eigenvalue weighted by Gasteiger charge is 2.11. The number of methoxy groups -OCH3 is 1. The van der Waals surface area contributed by atoms with E-state index < -0.39 is 0 Å². The Kier molecular flexibility index (Phi) is 5.85. The molecule has 0 bridgehead atoms. The van der Waals surface area contributed by atoms with Crippen molar-refractivity contribution in [1.29, 1.82) is 5.26 Å². The van der Waals surface area contributed by atoms with E-state index in [1.54, 1.807) is 7.11 Å². The Hall–Kier alpha value is -1.53. The zero-order valence-electron chi connectivity index (χ0n) is 12.7. The number of rotatable bonds is 6. The van der Waals surface area contributed by atoms with Crippen LogP contribution in [0.4, 0.5) is 0 Å². The van der Waals surface area contributed by atoms with E-state index in [1.807, 2.05) is 0 Å². The van der Waals surface area contributed by atoms with E-state index in [2.05, 4.69) is 44.9 Å². The highest BCUT2D eigenvalue weighted by molar-refractivity contribution is 5.48. The second-order valence-electron chi connectivity index (χ2n) is 5.14. The predicted octanol–water partition coefficient (Wildman–Crippen LogP) is 3.36. The number of ether oxygens (including phenoxy) is 1. The van der Waals surface area contributed by atoms with E-state index in [0.29, 0.717) is 6.42 Å². The van der Waals surface area contributed by atoms with Crippen LogP contribution in [0.1, 0.15) is 35.1 Å². The van der Waals surface area contributed by atoms with E-state index in [0.717, 1.165) is 25.3 Å². The van der Waals surface area contributed by atoms with Gasteiger partial charge < -0.3 is 9.64 Å². The maximum absolute atomic E-state index is 8.56. The molecule has 0 radical (unpaired) electrons. The Morgan fingerprint density at radius 2 is 1.95 bits per heavy atom. The molecule has 0 amide bonds. The molecule has 0 saturated carbocycles. The molecular weight excluding hydrogens is 236 g/mol. The normalized spacial score (nSPS) is 10.6. The zero-order valence-corrected chi connectivity index (χ0v) is 12.7. The standard InChI is InChI=1S/C16H24N2O/c1-12-10-15(11-18(4)9-7-6-8-17)13(2)14(3)16(12)19-5/h10H,6-7,9,11H2,1-5H3. The van der Waals surface area contributed by atoms with Crippen LogP contribution in [0.5, 0.6) is 5.75 Å². The summed E-state index contributed by atoms with van der Waals surface area (Å²) >= 11 is 0. The lowest BCUT2D eigenvalue weighted by atomic mass is 9.98. The van der Waals surface area contributed by atoms with Crippen LogP contribution in [0.15, 0.2) is 6.07 Å². The van der Waals surface area contributed by atoms with Crippen molar-refractivity contribution in [3.8, 4) is 11.8 Å². The van der Waals surface area contributed by atoms with Crippen molar-refractivity contribution >= 4 is 0 Å². The number of hydrogen-bond donors (Lipinski definition) is 0. The fourth-order valence-corrected chi connectivity index (χ4v) is 2.42. The lowest BCUT2D eigenvalue weighted by molar-refractivity contribution is 0.322. The molecule has 0 atom stereocenters. The van der Waals surface area contributed by atoms with Gasteiger partial charge in [-0.1, -0.05) is 6.07 Å². The molecule has 0 N–H and O–H groups in total. The average molecular weight is 260 g/mol. The Bertz CT molecular complexity index is 475. The number of hydrogen-bond acceptors (Lipinski definition) is 3. The van der Waals surface area contributed by atoms with Gasteiger partial charge in [0.05, 0.1) is 13.2 Å². The summed E-state index contributed by atoms with van der Waals surface area (Å²) in [7, 11) is 3.83. The van der Waals surface area contributed by atoms with Gasteiger partial charge in [0.25, 0.3) is 0 Å². The highest BCUT2D eigenvalue weighted by Crippen LogP contribution is 2.29. The van der Waals surface area contributed by atoms with Crippen LogP contribution in [-0.4, -0.2) is 25.6 Å². The SMILES string of the molecule is COc1c(C)cc(CN(C)CCCC#N)c(C)c1C. The number of nitrogens with zero attached hydrogens (tertiary/aromatic N) is 2. The fourth-order valence-electron chi connectivity index (χ4n) is 2.42. The van der Waals surface area contributed by atoms with Gasteiger partial charge >= 0.3 is 0 Å². The van der Waals surface area contributed by atoms with Crippen LogP contribution < -0.4 is 4.74 Å². The first-order valence-electron chi connectivity index (χ1n) is 6.70. The minimum Gasteiger partial charge on any atom is -0.496 e. The molecule has 0 aliphatic heterocycles. The summed E-state index contributed by atoms with van der Waals surface area (Å²) in [4.78, 5) is 2.27. The Balaban J connectivity index is 2.82. The van der Waals surface area contributed by atoms with Gasteiger partial charge in [0.2, 0.25) is 0 Å². The molecular formula is C16H24N2O. The third-order valence-electron chi connectivity index (χ3n) is 3.61. The monoisotopic (exact) mass is 260 g/mol. The predicted molar refractivity (Wildman–Crippen MR) is 78.4 cm³/mol. The number of nitriles is 1. The van der Waals surface area contributed by atoms with Gasteiger partial charge in [-0.25, -0.2) is 0 Å². The van der Waals surface area contributed by atoms with Crippen LogP contribution in [0, 0.1) is 32.1 Å². The van der Waals surface area contributed by atoms with Crippen molar-refractivity contribution in [1.82, 2.24) is 4.90 Å². The van der Waals surface area contributed by atoms with E-state index in [9.17, 15) is 0 Å². The van der Waals surface area contributed by atoms with Gasteiger partial charge in [0, 0.05) is 13.0 Å². The van der Waals surface area contributed by atoms with Gasteiger partial charge in [0.1, 0.15) is 5.75 Å². The van der Waals surface area contributed by atoms with Crippen molar-refractivity contribution in [3.05, 3.63) is 28.3 Å². The Morgan fingerprint density at radius 3 is 2.53 bits per heavy atom. The first kappa shape index (κ1) is 15.5. The summed E-state index contributed by atoms with van der Waals surface area (Å²) in [6, 6.07) is 4.40. The minimum absolute atomic E-state index is 0.629. The van der Waals surface area contributed by atoms with Gasteiger partial charge in [0.15, 0.2) is 0 Å². The lowest BCUT2D eigenvalue weighted by Crippen LogP contribution is -2.20. The first-order chi connectivity index (χ1) is 9.01. The quantitative estimate of drug-likeness (QED) is 0.736. The van der Waals surface area contributed by atoms with Crippen molar-refractivity contribution in [2.75, 3.05) is 20.7 Å². The first-order valence-corrected chi connectivity index (χ1v) is 6.70. The smallest absolute Gasteiger partial charge is 0.124 e. The van der Waals surface area contributed by atoms with Gasteiger partial charge in [-0.05, 0) is 63.0 Å². The molecule has 0 spiro atoms. The van der Waals surface area contributed by atoms with Gasteiger partial charge in [-0.3, -0.25) is 0 Å². The number of unbranched alkanes of at least 4 members (excludes halogenated alkanes) is 1. The molecule has 3 heteroatoms. The molecule has 0 fully saturated rings. The molecule has 0 aromatic heterocycles. The van der Waals surface area contributed by atoms with E-state index in [4.69, 9.17) is 10.00 Å². The Labute approximate surface area is 116 Å². The molecule has 1 rings (SSSR count). The van der Waals surface area contributed by atoms with Crippen LogP contribution in [0.25, 0.3) is 0 Å².